The number of nitrogens with zero attached hydrogens (tertiary/aromatic N) is 2. The Morgan fingerprint density at radius 2 is 1.76 bits per heavy atom. The summed E-state index contributed by atoms with van der Waals surface area (Å²) >= 11 is 0. The molecule has 2 heterocycles. The fourth-order valence-corrected chi connectivity index (χ4v) is 4.11. The van der Waals surface area contributed by atoms with Gasteiger partial charge in [0, 0.05) is 37.4 Å². The third kappa shape index (κ3) is 5.44. The number of nitrogens with one attached hydrogen (secondary N) is 2. The van der Waals surface area contributed by atoms with Crippen LogP contribution in [-0.2, 0) is 20.5 Å². The van der Waals surface area contributed by atoms with Gasteiger partial charge < -0.3 is 25.2 Å². The number of hydrogen-bond acceptors (Lipinski definition) is 5. The molecule has 2 aliphatic heterocycles. The molecule has 0 saturated carbocycles. The highest BCUT2D eigenvalue weighted by atomic mass is 19.4. The number of carbonyl (C=O) groups excluding carboxylic acids is 2. The Bertz CT molecular complexity index is 1040. The van der Waals surface area contributed by atoms with Gasteiger partial charge in [0.2, 0.25) is 11.8 Å². The maximum absolute atomic E-state index is 13.3. The molecule has 2 saturated heterocycles. The number of carbonyl (C=O) groups is 2. The van der Waals surface area contributed by atoms with Gasteiger partial charge in [-0.3, -0.25) is 9.59 Å². The van der Waals surface area contributed by atoms with Crippen molar-refractivity contribution in [2.75, 3.05) is 53.3 Å². The molecule has 0 aromatic heterocycles. The number of morpholine rings is 1. The summed E-state index contributed by atoms with van der Waals surface area (Å²) < 4.78 is 45.3. The van der Waals surface area contributed by atoms with Crippen LogP contribution in [0.3, 0.4) is 0 Å². The molecule has 0 spiro atoms. The van der Waals surface area contributed by atoms with Crippen LogP contribution in [0.4, 0.5) is 35.9 Å². The van der Waals surface area contributed by atoms with Crippen LogP contribution < -0.4 is 20.4 Å². The predicted molar refractivity (Wildman–Crippen MR) is 124 cm³/mol. The Morgan fingerprint density at radius 3 is 2.38 bits per heavy atom. The van der Waals surface area contributed by atoms with E-state index in [2.05, 4.69) is 10.6 Å². The highest BCUT2D eigenvalue weighted by Gasteiger charge is 2.32. The van der Waals surface area contributed by atoms with Crippen molar-refractivity contribution in [2.24, 2.45) is 0 Å². The van der Waals surface area contributed by atoms with E-state index in [1.165, 1.54) is 6.07 Å². The van der Waals surface area contributed by atoms with Crippen molar-refractivity contribution in [3.63, 3.8) is 0 Å². The highest BCUT2D eigenvalue weighted by molar-refractivity contribution is 5.99. The van der Waals surface area contributed by atoms with Crippen LogP contribution in [0.25, 0.3) is 0 Å². The average molecular weight is 476 g/mol. The van der Waals surface area contributed by atoms with Gasteiger partial charge in [-0.15, -0.1) is 0 Å². The number of hydrogen-bond donors (Lipinski definition) is 2. The lowest BCUT2D eigenvalue weighted by atomic mass is 10.1. The Labute approximate surface area is 195 Å². The molecule has 182 valence electrons. The third-order valence-electron chi connectivity index (χ3n) is 5.96. The summed E-state index contributed by atoms with van der Waals surface area (Å²) in [4.78, 5) is 28.4. The summed E-state index contributed by atoms with van der Waals surface area (Å²) in [6.07, 6.45) is -3.15. The fraction of sp³-hybridized carbons (Fsp3) is 0.417. The number of ether oxygens (including phenoxy) is 1. The maximum Gasteiger partial charge on any atom is 0.416 e. The largest absolute Gasteiger partial charge is 0.416 e. The van der Waals surface area contributed by atoms with E-state index in [0.717, 1.165) is 24.2 Å². The molecule has 2 fully saturated rings. The van der Waals surface area contributed by atoms with Crippen molar-refractivity contribution in [1.82, 2.24) is 0 Å². The van der Waals surface area contributed by atoms with Crippen LogP contribution in [0.1, 0.15) is 25.3 Å². The molecule has 2 aromatic carbocycles. The summed E-state index contributed by atoms with van der Waals surface area (Å²) in [5.41, 5.74) is 1.27. The van der Waals surface area contributed by atoms with E-state index in [-0.39, 0.29) is 11.6 Å². The van der Waals surface area contributed by atoms with Gasteiger partial charge in [-0.1, -0.05) is 0 Å². The van der Waals surface area contributed by atoms with E-state index in [0.29, 0.717) is 50.6 Å². The Balaban J connectivity index is 1.47. The van der Waals surface area contributed by atoms with Gasteiger partial charge in [0.1, 0.15) is 6.04 Å². The van der Waals surface area contributed by atoms with Crippen molar-refractivity contribution in [1.29, 1.82) is 0 Å². The van der Waals surface area contributed by atoms with Crippen molar-refractivity contribution in [3.05, 3.63) is 48.0 Å². The monoisotopic (exact) mass is 476 g/mol. The van der Waals surface area contributed by atoms with Crippen LogP contribution in [0.2, 0.25) is 0 Å². The lowest BCUT2D eigenvalue weighted by Gasteiger charge is -2.31. The topological polar surface area (TPSA) is 73.9 Å². The smallest absolute Gasteiger partial charge is 0.378 e. The van der Waals surface area contributed by atoms with Gasteiger partial charge in [0.25, 0.3) is 0 Å². The van der Waals surface area contributed by atoms with E-state index in [9.17, 15) is 22.8 Å². The highest BCUT2D eigenvalue weighted by Crippen LogP contribution is 2.36. The van der Waals surface area contributed by atoms with Crippen LogP contribution in [-0.4, -0.2) is 50.7 Å². The molecule has 7 nitrogen and oxygen atoms in total. The molecular weight excluding hydrogens is 449 g/mol. The predicted octanol–water partition coefficient (Wildman–Crippen LogP) is 4.11. The zero-order chi connectivity index (χ0) is 24.3. The van der Waals surface area contributed by atoms with Crippen LogP contribution >= 0.6 is 0 Å². The molecule has 0 radical (unpaired) electrons. The van der Waals surface area contributed by atoms with Crippen LogP contribution in [0.15, 0.2) is 42.5 Å². The lowest BCUT2D eigenvalue weighted by Crippen LogP contribution is -2.37. The maximum atomic E-state index is 13.3. The molecular formula is C24H27F3N4O3. The lowest BCUT2D eigenvalue weighted by molar-refractivity contribution is -0.137. The number of benzene rings is 2. The molecule has 4 rings (SSSR count). The van der Waals surface area contributed by atoms with Gasteiger partial charge in [0.15, 0.2) is 0 Å². The number of alkyl halides is 3. The molecule has 2 aromatic rings. The van der Waals surface area contributed by atoms with Gasteiger partial charge >= 0.3 is 6.18 Å². The SMILES string of the molecule is C[C@@H](Nc1ccc(N2CCCC2=O)cc1)C(=O)Nc1cc(C(F)(F)F)ccc1N1CCOCC1. The normalized spacial score (nSPS) is 17.6. The molecule has 0 aliphatic carbocycles. The van der Waals surface area contributed by atoms with Gasteiger partial charge in [-0.25, -0.2) is 0 Å². The Kier molecular flexibility index (Phi) is 6.97. The van der Waals surface area contributed by atoms with E-state index >= 15 is 0 Å². The number of halogens is 3. The minimum absolute atomic E-state index is 0.0885. The summed E-state index contributed by atoms with van der Waals surface area (Å²) in [6, 6.07) is 9.82. The Hall–Kier alpha value is -3.27. The minimum Gasteiger partial charge on any atom is -0.378 e. The molecule has 2 aliphatic rings. The first kappa shape index (κ1) is 23.9. The number of amides is 2. The van der Waals surface area contributed by atoms with Gasteiger partial charge in [-0.05, 0) is 55.8 Å². The number of anilines is 4. The molecule has 0 bridgehead atoms. The molecule has 0 unspecified atom stereocenters. The third-order valence-corrected chi connectivity index (χ3v) is 5.96. The molecule has 2 N–H and O–H groups in total. The van der Waals surface area contributed by atoms with E-state index in [1.807, 2.05) is 4.90 Å². The van der Waals surface area contributed by atoms with Crippen molar-refractivity contribution < 1.29 is 27.5 Å². The molecule has 10 heteroatoms. The van der Waals surface area contributed by atoms with Crippen LogP contribution in [0.5, 0.6) is 0 Å². The van der Waals surface area contributed by atoms with E-state index < -0.39 is 23.7 Å². The molecule has 1 atom stereocenters. The first-order valence-corrected chi connectivity index (χ1v) is 11.2. The van der Waals surface area contributed by atoms with Crippen molar-refractivity contribution in [2.45, 2.75) is 32.0 Å². The zero-order valence-electron chi connectivity index (χ0n) is 18.8. The summed E-state index contributed by atoms with van der Waals surface area (Å²) in [6.45, 7) is 4.29. The second-order valence-electron chi connectivity index (χ2n) is 8.38. The van der Waals surface area contributed by atoms with Crippen molar-refractivity contribution in [3.8, 4) is 0 Å². The Morgan fingerprint density at radius 1 is 1.06 bits per heavy atom. The van der Waals surface area contributed by atoms with E-state index in [1.54, 1.807) is 36.1 Å². The summed E-state index contributed by atoms with van der Waals surface area (Å²) in [5, 5.41) is 5.73. The molecule has 34 heavy (non-hydrogen) atoms. The average Bonchev–Trinajstić information content (AvgIpc) is 3.25. The summed E-state index contributed by atoms with van der Waals surface area (Å²) in [5.74, 6) is -0.377. The first-order valence-electron chi connectivity index (χ1n) is 11.2. The quantitative estimate of drug-likeness (QED) is 0.657. The van der Waals surface area contributed by atoms with Gasteiger partial charge in [-0.2, -0.15) is 13.2 Å². The second-order valence-corrected chi connectivity index (χ2v) is 8.38. The second kappa shape index (κ2) is 9.92. The minimum atomic E-state index is -4.52. The first-order chi connectivity index (χ1) is 16.2. The fourth-order valence-electron chi connectivity index (χ4n) is 4.11. The number of rotatable bonds is 6. The van der Waals surface area contributed by atoms with E-state index in [4.69, 9.17) is 4.74 Å². The zero-order valence-corrected chi connectivity index (χ0v) is 18.8. The molecule has 2 amide bonds. The van der Waals surface area contributed by atoms with Crippen LogP contribution in [0, 0.1) is 0 Å². The standard InChI is InChI=1S/C24H27F3N4O3/c1-16(28-18-5-7-19(8-6-18)31-10-2-3-22(31)32)23(33)29-20-15-17(24(25,26)27)4-9-21(20)30-11-13-34-14-12-30/h4-9,15-16,28H,2-3,10-14H2,1H3,(H,29,33)/t16-/m1/s1. The van der Waals surface area contributed by atoms with Gasteiger partial charge in [0.05, 0.1) is 30.2 Å². The van der Waals surface area contributed by atoms with Crippen molar-refractivity contribution >= 4 is 34.6 Å². The summed E-state index contributed by atoms with van der Waals surface area (Å²) in [7, 11) is 0.